The number of benzene rings is 5. The lowest BCUT2D eigenvalue weighted by Gasteiger charge is -2.11. The second-order valence-corrected chi connectivity index (χ2v) is 22.1. The first kappa shape index (κ1) is 96.5. The number of rotatable bonds is 20. The van der Waals surface area contributed by atoms with Crippen LogP contribution in [0.4, 0.5) is 0 Å². The summed E-state index contributed by atoms with van der Waals surface area (Å²) in [5.41, 5.74) is 29.8. The van der Waals surface area contributed by atoms with Crippen LogP contribution in [0.5, 0.6) is 0 Å². The lowest BCUT2D eigenvalue weighted by atomic mass is 9.95. The fraction of sp³-hybridized carbons (Fsp3) is 0.529. The maximum Gasteiger partial charge on any atom is 0.0674 e. The van der Waals surface area contributed by atoms with Gasteiger partial charge >= 0.3 is 0 Å². The van der Waals surface area contributed by atoms with Crippen molar-refractivity contribution in [3.8, 4) is 0 Å². The van der Waals surface area contributed by atoms with Gasteiger partial charge in [-0.3, -0.25) is 0 Å². The smallest absolute Gasteiger partial charge is 0.0674 e. The molecule has 0 saturated heterocycles. The van der Waals surface area contributed by atoms with Crippen molar-refractivity contribution in [2.24, 2.45) is 51.0 Å². The van der Waals surface area contributed by atoms with Crippen LogP contribution in [0, 0.1) is 0 Å². The minimum atomic E-state index is 0.976. The molecule has 0 radical (unpaired) electrons. The molecular formula is C85H140N10. The van der Waals surface area contributed by atoms with E-state index < -0.39 is 0 Å². The Morgan fingerprint density at radius 3 is 0.842 bits per heavy atom. The van der Waals surface area contributed by atoms with Gasteiger partial charge in [-0.05, 0) is 265 Å². The summed E-state index contributed by atoms with van der Waals surface area (Å²) in [6, 6.07) is 32.9. The molecule has 0 N–H and O–H groups in total. The van der Waals surface area contributed by atoms with E-state index in [1.165, 1.54) is 83.5 Å². The van der Waals surface area contributed by atoms with Gasteiger partial charge in [0.05, 0.1) is 28.6 Å². The quantitative estimate of drug-likeness (QED) is 0.0544. The summed E-state index contributed by atoms with van der Waals surface area (Å²) in [7, 11) is 0. The number of aryl methyl sites for hydroxylation is 9. The van der Waals surface area contributed by atoms with E-state index in [-0.39, 0.29) is 0 Å². The number of hydrogen-bond donors (Lipinski definition) is 0. The first-order chi connectivity index (χ1) is 45.4. The maximum absolute atomic E-state index is 4.28. The summed E-state index contributed by atoms with van der Waals surface area (Å²) in [6.07, 6.45) is 10.7. The highest BCUT2D eigenvalue weighted by atomic mass is 15.2. The van der Waals surface area contributed by atoms with Crippen molar-refractivity contribution in [2.75, 3.05) is 0 Å². The van der Waals surface area contributed by atoms with Crippen LogP contribution in [0.1, 0.15) is 326 Å². The molecule has 0 atom stereocenters. The zero-order valence-electron chi connectivity index (χ0n) is 67.7. The first-order valence-electron chi connectivity index (χ1n) is 36.3. The van der Waals surface area contributed by atoms with E-state index in [9.17, 15) is 0 Å². The molecule has 0 fully saturated rings. The third-order valence-corrected chi connectivity index (χ3v) is 13.8. The fourth-order valence-electron chi connectivity index (χ4n) is 8.82. The Labute approximate surface area is 586 Å². The number of hydrogen-bond acceptors (Lipinski definition) is 10. The van der Waals surface area contributed by atoms with Crippen LogP contribution in [0.2, 0.25) is 0 Å². The lowest BCUT2D eigenvalue weighted by molar-refractivity contribution is 1.03. The first-order valence-corrected chi connectivity index (χ1v) is 36.3. The van der Waals surface area contributed by atoms with Gasteiger partial charge in [0.15, 0.2) is 0 Å². The van der Waals surface area contributed by atoms with Crippen LogP contribution in [-0.4, -0.2) is 57.1 Å². The molecule has 95 heavy (non-hydrogen) atoms. The van der Waals surface area contributed by atoms with E-state index >= 15 is 0 Å². The highest BCUT2D eigenvalue weighted by Gasteiger charge is 2.10. The molecule has 0 heterocycles. The Morgan fingerprint density at radius 2 is 0.537 bits per heavy atom. The van der Waals surface area contributed by atoms with Crippen molar-refractivity contribution in [3.63, 3.8) is 0 Å². The van der Waals surface area contributed by atoms with E-state index in [0.29, 0.717) is 0 Å². The zero-order chi connectivity index (χ0) is 74.2. The van der Waals surface area contributed by atoms with Crippen molar-refractivity contribution in [1.82, 2.24) is 0 Å². The maximum atomic E-state index is 4.28. The largest absolute Gasteiger partial charge is 0.160 e. The second kappa shape index (κ2) is 60.5. The average Bonchev–Trinajstić information content (AvgIpc) is 0.912. The van der Waals surface area contributed by atoms with E-state index in [4.69, 9.17) is 0 Å². The second-order valence-electron chi connectivity index (χ2n) is 22.1. The molecule has 0 bridgehead atoms. The molecule has 5 aromatic carbocycles. The molecule has 10 nitrogen and oxygen atoms in total. The van der Waals surface area contributed by atoms with E-state index in [1.54, 1.807) is 0 Å². The van der Waals surface area contributed by atoms with Gasteiger partial charge < -0.3 is 0 Å². The molecule has 0 unspecified atom stereocenters. The van der Waals surface area contributed by atoms with E-state index in [0.717, 1.165) is 121 Å². The summed E-state index contributed by atoms with van der Waals surface area (Å²) >= 11 is 0. The Hall–Kier alpha value is -7.20. The third-order valence-electron chi connectivity index (χ3n) is 13.8. The molecule has 5 rings (SSSR count). The van der Waals surface area contributed by atoms with Crippen molar-refractivity contribution in [3.05, 3.63) is 174 Å². The zero-order valence-corrected chi connectivity index (χ0v) is 67.7. The van der Waals surface area contributed by atoms with Gasteiger partial charge in [0.25, 0.3) is 0 Å². The van der Waals surface area contributed by atoms with Gasteiger partial charge in [0.2, 0.25) is 0 Å². The van der Waals surface area contributed by atoms with Crippen molar-refractivity contribution in [2.45, 2.75) is 307 Å². The predicted molar refractivity (Wildman–Crippen MR) is 438 cm³/mol. The summed E-state index contributed by atoms with van der Waals surface area (Å²) in [5.74, 6) is 0. The van der Waals surface area contributed by atoms with Gasteiger partial charge in [0, 0.05) is 39.7 Å². The minimum absolute atomic E-state index is 0.976. The highest BCUT2D eigenvalue weighted by Crippen LogP contribution is 2.20. The van der Waals surface area contributed by atoms with Gasteiger partial charge in [-0.15, -0.1) is 0 Å². The molecule has 0 aromatic heterocycles. The normalized spacial score (nSPS) is 10.6. The SMILES string of the molecule is CC.CC.CC.CC.CC.CCc1cc(CC)cc(/C(C)=N/N=C(C)C)c1.CCc1ccc(/C(C)=N/N=C(C)C)c(CC)c1.CCc1ccc(/C(C)=N/N=C(C)C)cc1CC.CCc1ccc(/C(C)=N/N=C(C)C)cc1CC.CCc1cccc(/C(C)=N/N=C(C)C)c1CC. The monoisotopic (exact) mass is 1300 g/mol. The molecule has 0 aliphatic heterocycles. The molecule has 530 valence electrons. The average molecular weight is 1300 g/mol. The Balaban J connectivity index is -0.000000343. The van der Waals surface area contributed by atoms with Crippen molar-refractivity contribution in [1.29, 1.82) is 0 Å². The van der Waals surface area contributed by atoms with Crippen LogP contribution in [0.25, 0.3) is 0 Å². The van der Waals surface area contributed by atoms with Crippen molar-refractivity contribution >= 4 is 57.1 Å². The molecule has 10 heteroatoms. The Morgan fingerprint density at radius 1 is 0.221 bits per heavy atom. The fourth-order valence-corrected chi connectivity index (χ4v) is 8.82. The van der Waals surface area contributed by atoms with Gasteiger partial charge in [-0.1, -0.05) is 205 Å². The standard InChI is InChI=1S/5C15H22N2.5C2H6/c1-6-13-8-14(7-2)10-15(9-13)12(5)17-16-11(3)4;2*1-6-13-8-9-15(10-14(13)7-2)12(5)17-16-11(3)4;1-6-13-8-9-15(14(7-2)10-13)12(5)17-16-11(3)4;1-6-13-9-8-10-15(14(13)7-2)12(5)17-16-11(3)4;5*1-2/h5*8-10H,6-7H2,1-5H3;5*1-2H3/b5*17-12+;;;;;. The summed E-state index contributed by atoms with van der Waals surface area (Å²) in [6.45, 7) is 71.5. The summed E-state index contributed by atoms with van der Waals surface area (Å²) in [5, 5.41) is 41.8. The topological polar surface area (TPSA) is 124 Å². The Kier molecular flexibility index (Phi) is 61.4. The van der Waals surface area contributed by atoms with E-state index in [2.05, 4.69) is 211 Å². The van der Waals surface area contributed by atoms with Gasteiger partial charge in [-0.25, -0.2) is 0 Å². The van der Waals surface area contributed by atoms with Crippen LogP contribution in [0.3, 0.4) is 0 Å². The molecule has 0 aliphatic rings. The number of nitrogens with zero attached hydrogens (tertiary/aromatic N) is 10. The van der Waals surface area contributed by atoms with Crippen LogP contribution in [-0.2, 0) is 64.2 Å². The molecule has 0 aliphatic carbocycles. The minimum Gasteiger partial charge on any atom is -0.160 e. The third kappa shape index (κ3) is 41.4. The summed E-state index contributed by atoms with van der Waals surface area (Å²) in [4.78, 5) is 0. The molecule has 0 saturated carbocycles. The van der Waals surface area contributed by atoms with Crippen LogP contribution in [0.15, 0.2) is 142 Å². The lowest BCUT2D eigenvalue weighted by Crippen LogP contribution is -2.03. The highest BCUT2D eigenvalue weighted by molar-refractivity contribution is 6.02. The van der Waals surface area contributed by atoms with Gasteiger partial charge in [0.1, 0.15) is 0 Å². The van der Waals surface area contributed by atoms with Crippen molar-refractivity contribution < 1.29 is 0 Å². The predicted octanol–water partition coefficient (Wildman–Crippen LogP) is 25.2. The van der Waals surface area contributed by atoms with Gasteiger partial charge in [-0.2, -0.15) is 51.0 Å². The Bertz CT molecular complexity index is 3070. The molecule has 0 amide bonds. The van der Waals surface area contributed by atoms with Crippen LogP contribution >= 0.6 is 0 Å². The molecule has 0 spiro atoms. The molecular weight excluding hydrogens is 1160 g/mol. The molecule has 5 aromatic rings. The van der Waals surface area contributed by atoms with E-state index in [1.807, 2.05) is 173 Å². The van der Waals surface area contributed by atoms with Crippen LogP contribution < -0.4 is 0 Å². The summed E-state index contributed by atoms with van der Waals surface area (Å²) < 4.78 is 0.